The molecule has 0 saturated carbocycles. The first-order chi connectivity index (χ1) is 11.3. The van der Waals surface area contributed by atoms with Crippen LogP contribution in [-0.2, 0) is 0 Å². The van der Waals surface area contributed by atoms with E-state index in [0.29, 0.717) is 5.76 Å². The third-order valence-corrected chi connectivity index (χ3v) is 3.76. The van der Waals surface area contributed by atoms with E-state index in [0.717, 1.165) is 22.7 Å². The summed E-state index contributed by atoms with van der Waals surface area (Å²) in [6, 6.07) is 10.7. The van der Waals surface area contributed by atoms with Crippen molar-refractivity contribution in [3.63, 3.8) is 0 Å². The fourth-order valence-corrected chi connectivity index (χ4v) is 2.69. The molecule has 1 unspecified atom stereocenters. The number of allylic oxidation sites excluding steroid dienone is 4. The summed E-state index contributed by atoms with van der Waals surface area (Å²) in [6.45, 7) is 0. The zero-order valence-corrected chi connectivity index (χ0v) is 12.3. The number of phenolic OH excluding ortho intramolecular Hbond substituents is 1. The van der Waals surface area contributed by atoms with Gasteiger partial charge in [0.1, 0.15) is 11.4 Å². The van der Waals surface area contributed by atoms with E-state index in [4.69, 9.17) is 4.42 Å². The number of fused-ring (bicyclic) bond motifs is 1. The fraction of sp³-hybridized carbons (Fsp3) is 0.0526. The van der Waals surface area contributed by atoms with Gasteiger partial charge in [-0.05, 0) is 35.9 Å². The Morgan fingerprint density at radius 2 is 2.13 bits per heavy atom. The number of benzene rings is 1. The highest BCUT2D eigenvalue weighted by molar-refractivity contribution is 6.08. The van der Waals surface area contributed by atoms with Crippen molar-refractivity contribution < 1.29 is 9.52 Å². The molecule has 0 spiro atoms. The van der Waals surface area contributed by atoms with Crippen LogP contribution in [0.4, 0.5) is 0 Å². The zero-order valence-electron chi connectivity index (χ0n) is 12.3. The number of nitrogens with zero attached hydrogens (tertiary/aromatic N) is 2. The lowest BCUT2D eigenvalue weighted by molar-refractivity contribution is 0.475. The fourth-order valence-electron chi connectivity index (χ4n) is 2.69. The molecule has 0 saturated heterocycles. The van der Waals surface area contributed by atoms with E-state index in [9.17, 15) is 5.11 Å². The minimum atomic E-state index is 0.0358. The minimum absolute atomic E-state index is 0.0358. The summed E-state index contributed by atoms with van der Waals surface area (Å²) in [5.41, 5.74) is 3.39. The smallest absolute Gasteiger partial charge is 0.154 e. The van der Waals surface area contributed by atoms with E-state index in [1.165, 1.54) is 0 Å². The van der Waals surface area contributed by atoms with E-state index in [2.05, 4.69) is 16.1 Å². The van der Waals surface area contributed by atoms with Gasteiger partial charge in [-0.15, -0.1) is 0 Å². The van der Waals surface area contributed by atoms with Crippen LogP contribution in [0.15, 0.2) is 87.1 Å². The van der Waals surface area contributed by atoms with Crippen LogP contribution in [0, 0.1) is 5.92 Å². The van der Waals surface area contributed by atoms with Gasteiger partial charge in [0.25, 0.3) is 0 Å². The number of hydrogen-bond acceptors (Lipinski definition) is 4. The van der Waals surface area contributed by atoms with E-state index in [-0.39, 0.29) is 11.7 Å². The van der Waals surface area contributed by atoms with Gasteiger partial charge >= 0.3 is 0 Å². The summed E-state index contributed by atoms with van der Waals surface area (Å²) in [6.07, 6.45) is 11.4. The molecule has 2 heterocycles. The van der Waals surface area contributed by atoms with Crippen LogP contribution in [0.25, 0.3) is 5.70 Å². The van der Waals surface area contributed by atoms with Crippen LogP contribution in [-0.4, -0.2) is 17.0 Å². The van der Waals surface area contributed by atoms with Gasteiger partial charge in [0, 0.05) is 6.21 Å². The average molecular weight is 302 g/mol. The second-order valence-corrected chi connectivity index (χ2v) is 5.32. The summed E-state index contributed by atoms with van der Waals surface area (Å²) in [5, 5.41) is 9.56. The first-order valence-electron chi connectivity index (χ1n) is 7.36. The van der Waals surface area contributed by atoms with Crippen molar-refractivity contribution in [2.24, 2.45) is 15.9 Å². The molecule has 1 aromatic carbocycles. The third-order valence-electron chi connectivity index (χ3n) is 3.76. The van der Waals surface area contributed by atoms with Gasteiger partial charge in [-0.1, -0.05) is 30.4 Å². The lowest BCUT2D eigenvalue weighted by Crippen LogP contribution is -2.09. The lowest BCUT2D eigenvalue weighted by Gasteiger charge is -2.10. The molecule has 0 fully saturated rings. The Morgan fingerprint density at radius 3 is 2.96 bits per heavy atom. The maximum Gasteiger partial charge on any atom is 0.154 e. The monoisotopic (exact) mass is 302 g/mol. The summed E-state index contributed by atoms with van der Waals surface area (Å²) >= 11 is 0. The van der Waals surface area contributed by atoms with Gasteiger partial charge < -0.3 is 9.52 Å². The summed E-state index contributed by atoms with van der Waals surface area (Å²) < 4.78 is 5.50. The van der Waals surface area contributed by atoms with Crippen molar-refractivity contribution in [2.45, 2.75) is 0 Å². The predicted octanol–water partition coefficient (Wildman–Crippen LogP) is 3.97. The molecule has 4 heteroatoms. The van der Waals surface area contributed by atoms with Crippen molar-refractivity contribution in [1.82, 2.24) is 0 Å². The Kier molecular flexibility index (Phi) is 3.27. The summed E-state index contributed by atoms with van der Waals surface area (Å²) in [4.78, 5) is 9.31. The number of phenols is 1. The number of aliphatic imine (C=N–C) groups is 2. The second-order valence-electron chi connectivity index (χ2n) is 5.32. The molecule has 1 N–H and O–H groups in total. The quantitative estimate of drug-likeness (QED) is 0.872. The molecule has 2 aliphatic rings. The molecule has 0 amide bonds. The second kappa shape index (κ2) is 5.57. The van der Waals surface area contributed by atoms with Crippen molar-refractivity contribution >= 4 is 17.6 Å². The molecule has 2 aromatic rings. The van der Waals surface area contributed by atoms with E-state index >= 15 is 0 Å². The van der Waals surface area contributed by atoms with Crippen LogP contribution in [0.2, 0.25) is 0 Å². The summed E-state index contributed by atoms with van der Waals surface area (Å²) in [5.74, 6) is 0.962. The van der Waals surface area contributed by atoms with E-state index in [1.807, 2.05) is 36.4 Å². The highest BCUT2D eigenvalue weighted by Gasteiger charge is 2.29. The molecule has 1 aliphatic carbocycles. The van der Waals surface area contributed by atoms with Gasteiger partial charge in [-0.3, -0.25) is 4.99 Å². The SMILES string of the molecule is Oc1cccc(/C=N/C2=C(c3ccco3)N=C3C=CC=CC32)c1. The van der Waals surface area contributed by atoms with Crippen molar-refractivity contribution in [2.75, 3.05) is 0 Å². The summed E-state index contributed by atoms with van der Waals surface area (Å²) in [7, 11) is 0. The van der Waals surface area contributed by atoms with Crippen LogP contribution in [0.1, 0.15) is 11.3 Å². The highest BCUT2D eigenvalue weighted by Crippen LogP contribution is 2.36. The predicted molar refractivity (Wildman–Crippen MR) is 90.5 cm³/mol. The molecule has 112 valence electrons. The number of aromatic hydroxyl groups is 1. The van der Waals surface area contributed by atoms with E-state index in [1.54, 1.807) is 30.7 Å². The first-order valence-corrected chi connectivity index (χ1v) is 7.36. The molecular formula is C19H14N2O2. The lowest BCUT2D eigenvalue weighted by atomic mass is 9.96. The molecule has 0 bridgehead atoms. The Hall–Kier alpha value is -3.14. The molecule has 4 nitrogen and oxygen atoms in total. The molecule has 1 aliphatic heterocycles. The maximum absolute atomic E-state index is 9.56. The maximum atomic E-state index is 9.56. The van der Waals surface area contributed by atoms with E-state index < -0.39 is 0 Å². The molecule has 1 atom stereocenters. The van der Waals surface area contributed by atoms with Gasteiger partial charge in [0.15, 0.2) is 5.76 Å². The number of hydrogen-bond donors (Lipinski definition) is 1. The van der Waals surface area contributed by atoms with Crippen LogP contribution in [0.5, 0.6) is 5.75 Å². The Labute approximate surface area is 133 Å². The topological polar surface area (TPSA) is 58.1 Å². The average Bonchev–Trinajstić information content (AvgIpc) is 3.20. The van der Waals surface area contributed by atoms with Crippen molar-refractivity contribution in [3.05, 3.63) is 84.0 Å². The minimum Gasteiger partial charge on any atom is -0.508 e. The van der Waals surface area contributed by atoms with Gasteiger partial charge in [-0.2, -0.15) is 0 Å². The molecule has 0 radical (unpaired) electrons. The van der Waals surface area contributed by atoms with Crippen molar-refractivity contribution in [3.8, 4) is 5.75 Å². The normalized spacial score (nSPS) is 19.5. The van der Waals surface area contributed by atoms with Crippen LogP contribution in [0.3, 0.4) is 0 Å². The van der Waals surface area contributed by atoms with Crippen molar-refractivity contribution in [1.29, 1.82) is 0 Å². The van der Waals surface area contributed by atoms with Gasteiger partial charge in [0.05, 0.1) is 23.6 Å². The Balaban J connectivity index is 1.75. The molecular weight excluding hydrogens is 288 g/mol. The van der Waals surface area contributed by atoms with Crippen LogP contribution < -0.4 is 0 Å². The van der Waals surface area contributed by atoms with Gasteiger partial charge in [-0.25, -0.2) is 4.99 Å². The third kappa shape index (κ3) is 2.55. The zero-order chi connectivity index (χ0) is 15.6. The highest BCUT2D eigenvalue weighted by atomic mass is 16.3. The molecule has 1 aromatic heterocycles. The van der Waals surface area contributed by atoms with Gasteiger partial charge in [0.2, 0.25) is 0 Å². The number of furan rings is 1. The molecule has 4 rings (SSSR count). The van der Waals surface area contributed by atoms with Crippen LogP contribution >= 0.6 is 0 Å². The first kappa shape index (κ1) is 13.5. The standard InChI is InChI=1S/C19H14N2O2/c22-14-6-3-5-13(11-14)12-20-18-15-7-1-2-8-16(15)21-19(18)17-9-4-10-23-17/h1-12,15,22H/b20-12+. The number of rotatable bonds is 3. The Morgan fingerprint density at radius 1 is 1.17 bits per heavy atom. The molecule has 23 heavy (non-hydrogen) atoms. The largest absolute Gasteiger partial charge is 0.508 e. The Bertz CT molecular complexity index is 884.